The predicted octanol–water partition coefficient (Wildman–Crippen LogP) is 3.32. The molecule has 0 aliphatic carbocycles. The molecule has 0 amide bonds. The first kappa shape index (κ1) is 16.1. The van der Waals surface area contributed by atoms with Crippen LogP contribution in [0.1, 0.15) is 12.5 Å². The maximum absolute atomic E-state index is 12.3. The van der Waals surface area contributed by atoms with Crippen molar-refractivity contribution < 1.29 is 21.6 Å². The third-order valence-electron chi connectivity index (χ3n) is 2.25. The van der Waals surface area contributed by atoms with Gasteiger partial charge in [0.1, 0.15) is 0 Å². The van der Waals surface area contributed by atoms with Crippen LogP contribution >= 0.6 is 11.6 Å². The minimum atomic E-state index is -4.44. The summed E-state index contributed by atoms with van der Waals surface area (Å²) in [6.07, 6.45) is -4.44. The summed E-state index contributed by atoms with van der Waals surface area (Å²) < 4.78 is 62.5. The molecule has 0 saturated heterocycles. The van der Waals surface area contributed by atoms with Crippen LogP contribution in [-0.4, -0.2) is 20.1 Å². The van der Waals surface area contributed by atoms with E-state index >= 15 is 0 Å². The van der Waals surface area contributed by atoms with E-state index in [4.69, 9.17) is 11.6 Å². The molecule has 1 aromatic carbocycles. The molecule has 3 nitrogen and oxygen atoms in total. The number of alkyl halides is 4. The van der Waals surface area contributed by atoms with Crippen LogP contribution in [0.2, 0.25) is 0 Å². The van der Waals surface area contributed by atoms with Gasteiger partial charge < -0.3 is 0 Å². The summed E-state index contributed by atoms with van der Waals surface area (Å²) in [5.74, 6) is -0.237. The lowest BCUT2D eigenvalue weighted by molar-refractivity contribution is -0.137. The zero-order chi connectivity index (χ0) is 14.7. The fourth-order valence-electron chi connectivity index (χ4n) is 1.37. The Labute approximate surface area is 114 Å². The third-order valence-corrected chi connectivity index (χ3v) is 4.33. The van der Waals surface area contributed by atoms with Crippen LogP contribution in [0.4, 0.5) is 18.9 Å². The zero-order valence-corrected chi connectivity index (χ0v) is 11.6. The van der Waals surface area contributed by atoms with Crippen LogP contribution in [0, 0.1) is 5.92 Å². The molecule has 0 aromatic heterocycles. The number of halogens is 4. The summed E-state index contributed by atoms with van der Waals surface area (Å²) in [6.45, 7) is 1.67. The van der Waals surface area contributed by atoms with Gasteiger partial charge in [0.05, 0.1) is 11.3 Å². The van der Waals surface area contributed by atoms with Crippen molar-refractivity contribution in [1.29, 1.82) is 0 Å². The number of rotatable bonds is 5. The van der Waals surface area contributed by atoms with E-state index in [9.17, 15) is 21.6 Å². The maximum Gasteiger partial charge on any atom is 0.416 e. The standard InChI is InChI=1S/C11H13ClF3NO2S/c1-8(6-12)7-19(17,18)16-10-4-2-9(3-5-10)11(13,14)15/h2-5,8,16H,6-7H2,1H3. The molecule has 1 unspecified atom stereocenters. The van der Waals surface area contributed by atoms with Crippen molar-refractivity contribution in [3.8, 4) is 0 Å². The van der Waals surface area contributed by atoms with Crippen molar-refractivity contribution >= 4 is 27.3 Å². The number of anilines is 1. The molecule has 0 radical (unpaired) electrons. The van der Waals surface area contributed by atoms with E-state index in [2.05, 4.69) is 4.72 Å². The first-order chi connectivity index (χ1) is 8.64. The van der Waals surface area contributed by atoms with E-state index in [1.807, 2.05) is 0 Å². The quantitative estimate of drug-likeness (QED) is 0.847. The molecule has 1 rings (SSSR count). The molecular weight excluding hydrogens is 303 g/mol. The Morgan fingerprint density at radius 1 is 1.26 bits per heavy atom. The highest BCUT2D eigenvalue weighted by molar-refractivity contribution is 7.92. The third kappa shape index (κ3) is 5.28. The number of hydrogen-bond acceptors (Lipinski definition) is 2. The fourth-order valence-corrected chi connectivity index (χ4v) is 3.05. The van der Waals surface area contributed by atoms with Crippen LogP contribution in [0.5, 0.6) is 0 Å². The average Bonchev–Trinajstić information content (AvgIpc) is 2.27. The SMILES string of the molecule is CC(CCl)CS(=O)(=O)Nc1ccc(C(F)(F)F)cc1. The molecule has 0 aliphatic rings. The molecule has 19 heavy (non-hydrogen) atoms. The minimum Gasteiger partial charge on any atom is -0.284 e. The lowest BCUT2D eigenvalue weighted by atomic mass is 10.2. The highest BCUT2D eigenvalue weighted by Gasteiger charge is 2.30. The van der Waals surface area contributed by atoms with Crippen LogP contribution in [0.3, 0.4) is 0 Å². The molecule has 0 fully saturated rings. The summed E-state index contributed by atoms with van der Waals surface area (Å²) >= 11 is 5.51. The van der Waals surface area contributed by atoms with Crippen molar-refractivity contribution in [3.63, 3.8) is 0 Å². The normalized spacial score (nSPS) is 14.2. The van der Waals surface area contributed by atoms with E-state index < -0.39 is 21.8 Å². The van der Waals surface area contributed by atoms with Gasteiger partial charge >= 0.3 is 6.18 Å². The van der Waals surface area contributed by atoms with Gasteiger partial charge in [-0.05, 0) is 30.2 Å². The highest BCUT2D eigenvalue weighted by Crippen LogP contribution is 2.29. The Bertz CT molecular complexity index is 514. The summed E-state index contributed by atoms with van der Waals surface area (Å²) in [5.41, 5.74) is -0.737. The Hall–Kier alpha value is -0.950. The highest BCUT2D eigenvalue weighted by atomic mass is 35.5. The number of nitrogens with one attached hydrogen (secondary N) is 1. The topological polar surface area (TPSA) is 46.2 Å². The molecule has 1 atom stereocenters. The Balaban J connectivity index is 2.78. The lowest BCUT2D eigenvalue weighted by Gasteiger charge is -2.12. The zero-order valence-electron chi connectivity index (χ0n) is 10.0. The van der Waals surface area contributed by atoms with Crippen LogP contribution in [-0.2, 0) is 16.2 Å². The van der Waals surface area contributed by atoms with Crippen molar-refractivity contribution in [1.82, 2.24) is 0 Å². The molecular formula is C11H13ClF3NO2S. The largest absolute Gasteiger partial charge is 0.416 e. The second-order valence-corrected chi connectivity index (χ2v) is 6.29. The molecule has 0 bridgehead atoms. The van der Waals surface area contributed by atoms with Gasteiger partial charge in [-0.2, -0.15) is 13.2 Å². The van der Waals surface area contributed by atoms with Crippen LogP contribution in [0.15, 0.2) is 24.3 Å². The summed E-state index contributed by atoms with van der Waals surface area (Å²) in [7, 11) is -3.61. The van der Waals surface area contributed by atoms with E-state index in [0.717, 1.165) is 24.3 Å². The first-order valence-electron chi connectivity index (χ1n) is 5.38. The number of hydrogen-bond donors (Lipinski definition) is 1. The van der Waals surface area contributed by atoms with Crippen molar-refractivity contribution in [3.05, 3.63) is 29.8 Å². The Morgan fingerprint density at radius 3 is 2.21 bits per heavy atom. The first-order valence-corrected chi connectivity index (χ1v) is 7.56. The van der Waals surface area contributed by atoms with Gasteiger partial charge in [0.2, 0.25) is 10.0 Å². The maximum atomic E-state index is 12.3. The van der Waals surface area contributed by atoms with Crippen LogP contribution in [0.25, 0.3) is 0 Å². The monoisotopic (exact) mass is 315 g/mol. The molecule has 8 heteroatoms. The molecule has 1 aromatic rings. The van der Waals surface area contributed by atoms with Crippen molar-refractivity contribution in [2.45, 2.75) is 13.1 Å². The Morgan fingerprint density at radius 2 is 1.79 bits per heavy atom. The molecule has 0 spiro atoms. The second kappa shape index (κ2) is 6.00. The average molecular weight is 316 g/mol. The van der Waals surface area contributed by atoms with E-state index in [-0.39, 0.29) is 23.2 Å². The van der Waals surface area contributed by atoms with Gasteiger partial charge in [-0.25, -0.2) is 8.42 Å². The molecule has 0 saturated carbocycles. The minimum absolute atomic E-state index is 0.0924. The second-order valence-electron chi connectivity index (χ2n) is 4.22. The van der Waals surface area contributed by atoms with Crippen molar-refractivity contribution in [2.24, 2.45) is 5.92 Å². The van der Waals surface area contributed by atoms with E-state index in [1.54, 1.807) is 6.92 Å². The molecule has 0 heterocycles. The molecule has 108 valence electrons. The predicted molar refractivity (Wildman–Crippen MR) is 68.7 cm³/mol. The number of sulfonamides is 1. The molecule has 0 aliphatic heterocycles. The molecule has 1 N–H and O–H groups in total. The Kier molecular flexibility index (Phi) is 5.09. The van der Waals surface area contributed by atoms with Gasteiger partial charge in [-0.3, -0.25) is 4.72 Å². The fraction of sp³-hybridized carbons (Fsp3) is 0.455. The summed E-state index contributed by atoms with van der Waals surface area (Å²) in [4.78, 5) is 0. The van der Waals surface area contributed by atoms with E-state index in [1.165, 1.54) is 0 Å². The number of benzene rings is 1. The van der Waals surface area contributed by atoms with Crippen LogP contribution < -0.4 is 4.72 Å². The van der Waals surface area contributed by atoms with Gasteiger partial charge in [0.25, 0.3) is 0 Å². The summed E-state index contributed by atoms with van der Waals surface area (Å²) in [5, 5.41) is 0. The van der Waals surface area contributed by atoms with Gasteiger partial charge in [0, 0.05) is 11.6 Å². The lowest BCUT2D eigenvalue weighted by Crippen LogP contribution is -2.22. The van der Waals surface area contributed by atoms with E-state index in [0.29, 0.717) is 0 Å². The van der Waals surface area contributed by atoms with Gasteiger partial charge in [0.15, 0.2) is 0 Å². The van der Waals surface area contributed by atoms with Crippen molar-refractivity contribution in [2.75, 3.05) is 16.4 Å². The summed E-state index contributed by atoms with van der Waals surface area (Å²) in [6, 6.07) is 3.79. The van der Waals surface area contributed by atoms with Gasteiger partial charge in [-0.15, -0.1) is 11.6 Å². The van der Waals surface area contributed by atoms with Gasteiger partial charge in [-0.1, -0.05) is 6.92 Å². The smallest absolute Gasteiger partial charge is 0.284 e.